The van der Waals surface area contributed by atoms with E-state index in [0.717, 1.165) is 16.9 Å². The van der Waals surface area contributed by atoms with E-state index in [1.165, 1.54) is 11.3 Å². The molecular formula is C10H7NOS. The Morgan fingerprint density at radius 1 is 1.23 bits per heavy atom. The number of aromatic nitrogens is 1. The van der Waals surface area contributed by atoms with Crippen LogP contribution >= 0.6 is 11.3 Å². The van der Waals surface area contributed by atoms with Gasteiger partial charge in [0, 0.05) is 11.8 Å². The second-order valence-electron chi connectivity index (χ2n) is 2.55. The van der Waals surface area contributed by atoms with E-state index in [1.54, 1.807) is 6.20 Å². The Hall–Kier alpha value is -1.48. The van der Waals surface area contributed by atoms with Crippen LogP contribution in [-0.2, 0) is 0 Å². The lowest BCUT2D eigenvalue weighted by Gasteiger charge is -1.92. The fourth-order valence-electron chi connectivity index (χ4n) is 1.06. The number of hydrogen-bond donors (Lipinski definition) is 0. The lowest BCUT2D eigenvalue weighted by Crippen LogP contribution is -1.71. The second kappa shape index (κ2) is 3.49. The highest BCUT2D eigenvalue weighted by Gasteiger charge is 2.01. The molecule has 13 heavy (non-hydrogen) atoms. The van der Waals surface area contributed by atoms with Crippen LogP contribution in [0.4, 0.5) is 0 Å². The molecule has 2 rings (SSSR count). The van der Waals surface area contributed by atoms with Crippen LogP contribution in [0.1, 0.15) is 9.67 Å². The lowest BCUT2D eigenvalue weighted by molar-refractivity contribution is 0.112. The number of aldehydes is 1. The summed E-state index contributed by atoms with van der Waals surface area (Å²) in [6.07, 6.45) is 2.42. The molecule has 3 heteroatoms. The van der Waals surface area contributed by atoms with Crippen molar-refractivity contribution >= 4 is 17.6 Å². The molecule has 0 aliphatic carbocycles. The van der Waals surface area contributed by atoms with Gasteiger partial charge in [0.25, 0.3) is 0 Å². The Balaban J connectivity index is 2.41. The highest BCUT2D eigenvalue weighted by atomic mass is 32.1. The molecule has 0 amide bonds. The Labute approximate surface area is 79.9 Å². The summed E-state index contributed by atoms with van der Waals surface area (Å²) in [5, 5.41) is 0.891. The van der Waals surface area contributed by atoms with E-state index in [0.29, 0.717) is 4.88 Å². The molecule has 2 aromatic rings. The fourth-order valence-corrected chi connectivity index (χ4v) is 1.79. The average Bonchev–Trinajstić information content (AvgIpc) is 2.67. The SMILES string of the molecule is O=Cc1cnc(-c2ccccc2)s1. The van der Waals surface area contributed by atoms with Crippen LogP contribution in [0.15, 0.2) is 36.5 Å². The first-order valence-corrected chi connectivity index (χ1v) is 4.68. The highest BCUT2D eigenvalue weighted by molar-refractivity contribution is 7.16. The van der Waals surface area contributed by atoms with E-state index in [2.05, 4.69) is 4.98 Å². The maximum absolute atomic E-state index is 10.4. The molecule has 0 unspecified atom stereocenters. The molecule has 0 N–H and O–H groups in total. The van der Waals surface area contributed by atoms with Gasteiger partial charge in [0.1, 0.15) is 5.01 Å². The Kier molecular flexibility index (Phi) is 2.19. The van der Waals surface area contributed by atoms with Gasteiger partial charge in [0.2, 0.25) is 0 Å². The maximum Gasteiger partial charge on any atom is 0.161 e. The number of carbonyl (C=O) groups is 1. The van der Waals surface area contributed by atoms with Gasteiger partial charge in [-0.15, -0.1) is 11.3 Å². The van der Waals surface area contributed by atoms with Gasteiger partial charge in [0.05, 0.1) is 4.88 Å². The summed E-state index contributed by atoms with van der Waals surface area (Å²) in [4.78, 5) is 15.2. The minimum absolute atomic E-state index is 0.666. The number of carbonyl (C=O) groups excluding carboxylic acids is 1. The molecule has 0 saturated carbocycles. The number of benzene rings is 1. The normalized spacial score (nSPS) is 9.85. The summed E-state index contributed by atoms with van der Waals surface area (Å²) in [5.74, 6) is 0. The van der Waals surface area contributed by atoms with Crippen molar-refractivity contribution < 1.29 is 4.79 Å². The van der Waals surface area contributed by atoms with Crippen LogP contribution in [0, 0.1) is 0 Å². The van der Waals surface area contributed by atoms with Crippen LogP contribution in [0.3, 0.4) is 0 Å². The molecule has 0 aliphatic rings. The summed E-state index contributed by atoms with van der Waals surface area (Å²) >= 11 is 1.41. The topological polar surface area (TPSA) is 30.0 Å². The van der Waals surface area contributed by atoms with E-state index in [9.17, 15) is 4.79 Å². The zero-order valence-corrected chi connectivity index (χ0v) is 7.62. The Morgan fingerprint density at radius 3 is 2.62 bits per heavy atom. The maximum atomic E-state index is 10.4. The molecule has 2 nitrogen and oxygen atoms in total. The predicted molar refractivity (Wildman–Crippen MR) is 52.9 cm³/mol. The monoisotopic (exact) mass is 189 g/mol. The molecule has 0 bridgehead atoms. The predicted octanol–water partition coefficient (Wildman–Crippen LogP) is 2.62. The first-order valence-electron chi connectivity index (χ1n) is 3.86. The smallest absolute Gasteiger partial charge is 0.161 e. The van der Waals surface area contributed by atoms with Gasteiger partial charge in [-0.05, 0) is 0 Å². The Morgan fingerprint density at radius 2 is 2.00 bits per heavy atom. The van der Waals surface area contributed by atoms with Gasteiger partial charge in [-0.3, -0.25) is 4.79 Å². The van der Waals surface area contributed by atoms with Crippen molar-refractivity contribution in [1.82, 2.24) is 4.98 Å². The number of rotatable bonds is 2. The molecule has 0 radical (unpaired) electrons. The van der Waals surface area contributed by atoms with Gasteiger partial charge in [0.15, 0.2) is 6.29 Å². The van der Waals surface area contributed by atoms with Crippen molar-refractivity contribution in [1.29, 1.82) is 0 Å². The summed E-state index contributed by atoms with van der Waals surface area (Å²) < 4.78 is 0. The molecule has 1 aromatic carbocycles. The quantitative estimate of drug-likeness (QED) is 0.680. The Bertz CT molecular complexity index is 408. The van der Waals surface area contributed by atoms with Crippen LogP contribution in [-0.4, -0.2) is 11.3 Å². The van der Waals surface area contributed by atoms with Gasteiger partial charge in [-0.25, -0.2) is 4.98 Å². The third kappa shape index (κ3) is 1.65. The molecule has 1 heterocycles. The average molecular weight is 189 g/mol. The highest BCUT2D eigenvalue weighted by Crippen LogP contribution is 2.23. The standard InChI is InChI=1S/C10H7NOS/c12-7-9-6-11-10(13-9)8-4-2-1-3-5-8/h1-7H. The van der Waals surface area contributed by atoms with Crippen molar-refractivity contribution in [3.8, 4) is 10.6 Å². The number of hydrogen-bond acceptors (Lipinski definition) is 3. The van der Waals surface area contributed by atoms with Crippen LogP contribution < -0.4 is 0 Å². The van der Waals surface area contributed by atoms with Crippen molar-refractivity contribution in [2.24, 2.45) is 0 Å². The lowest BCUT2D eigenvalue weighted by atomic mass is 10.2. The zero-order chi connectivity index (χ0) is 9.10. The summed E-state index contributed by atoms with van der Waals surface area (Å²) in [7, 11) is 0. The first-order chi connectivity index (χ1) is 6.40. The molecule has 0 spiro atoms. The largest absolute Gasteiger partial charge is 0.297 e. The molecule has 0 aliphatic heterocycles. The molecule has 64 valence electrons. The summed E-state index contributed by atoms with van der Waals surface area (Å²) in [5.41, 5.74) is 1.06. The summed E-state index contributed by atoms with van der Waals surface area (Å²) in [6, 6.07) is 9.83. The van der Waals surface area contributed by atoms with Crippen LogP contribution in [0.25, 0.3) is 10.6 Å². The van der Waals surface area contributed by atoms with Crippen LogP contribution in [0.2, 0.25) is 0 Å². The van der Waals surface area contributed by atoms with E-state index in [-0.39, 0.29) is 0 Å². The van der Waals surface area contributed by atoms with Crippen molar-refractivity contribution in [3.05, 3.63) is 41.4 Å². The molecule has 0 fully saturated rings. The third-order valence-electron chi connectivity index (χ3n) is 1.66. The van der Waals surface area contributed by atoms with E-state index in [4.69, 9.17) is 0 Å². The van der Waals surface area contributed by atoms with E-state index >= 15 is 0 Å². The number of thiazole rings is 1. The van der Waals surface area contributed by atoms with Gasteiger partial charge < -0.3 is 0 Å². The van der Waals surface area contributed by atoms with Gasteiger partial charge >= 0.3 is 0 Å². The first kappa shape index (κ1) is 8.13. The summed E-state index contributed by atoms with van der Waals surface area (Å²) in [6.45, 7) is 0. The number of nitrogens with zero attached hydrogens (tertiary/aromatic N) is 1. The zero-order valence-electron chi connectivity index (χ0n) is 6.81. The third-order valence-corrected chi connectivity index (χ3v) is 2.63. The van der Waals surface area contributed by atoms with Crippen molar-refractivity contribution in [3.63, 3.8) is 0 Å². The molecular weight excluding hydrogens is 182 g/mol. The van der Waals surface area contributed by atoms with Gasteiger partial charge in [-0.2, -0.15) is 0 Å². The fraction of sp³-hybridized carbons (Fsp3) is 0. The molecule has 1 aromatic heterocycles. The minimum Gasteiger partial charge on any atom is -0.297 e. The molecule has 0 atom stereocenters. The van der Waals surface area contributed by atoms with Crippen LogP contribution in [0.5, 0.6) is 0 Å². The molecule has 0 saturated heterocycles. The minimum atomic E-state index is 0.666. The van der Waals surface area contributed by atoms with E-state index in [1.807, 2.05) is 30.3 Å². The second-order valence-corrected chi connectivity index (χ2v) is 3.61. The van der Waals surface area contributed by atoms with E-state index < -0.39 is 0 Å². The van der Waals surface area contributed by atoms with Crippen molar-refractivity contribution in [2.45, 2.75) is 0 Å². The van der Waals surface area contributed by atoms with Gasteiger partial charge in [-0.1, -0.05) is 30.3 Å². The van der Waals surface area contributed by atoms with Crippen molar-refractivity contribution in [2.75, 3.05) is 0 Å².